The highest BCUT2D eigenvalue weighted by atomic mass is 16.5. The molecule has 110 valence electrons. The molecule has 2 N–H and O–H groups in total. The Morgan fingerprint density at radius 2 is 2.19 bits per heavy atom. The van der Waals surface area contributed by atoms with Crippen LogP contribution in [-0.2, 0) is 4.74 Å². The van der Waals surface area contributed by atoms with Crippen LogP contribution in [0.3, 0.4) is 0 Å². The van der Waals surface area contributed by atoms with Crippen LogP contribution in [0, 0.1) is 6.92 Å². The highest BCUT2D eigenvalue weighted by molar-refractivity contribution is 6.02. The largest absolute Gasteiger partial charge is 0.383 e. The first-order valence-corrected chi connectivity index (χ1v) is 6.63. The van der Waals surface area contributed by atoms with E-state index in [1.807, 2.05) is 31.2 Å². The number of carbonyl (C=O) groups excluding carboxylic acids is 1. The first-order chi connectivity index (χ1) is 10.2. The number of methoxy groups -OCH3 is 1. The molecule has 0 aliphatic rings. The maximum Gasteiger partial charge on any atom is 0.274 e. The number of hydrogen-bond donors (Lipinski definition) is 2. The van der Waals surface area contributed by atoms with Gasteiger partial charge in [-0.2, -0.15) is 0 Å². The average molecular weight is 286 g/mol. The van der Waals surface area contributed by atoms with Crippen molar-refractivity contribution in [3.63, 3.8) is 0 Å². The van der Waals surface area contributed by atoms with Crippen LogP contribution in [0.4, 0.5) is 11.6 Å². The molecule has 0 aliphatic carbocycles. The molecule has 0 unspecified atom stereocenters. The van der Waals surface area contributed by atoms with Gasteiger partial charge in [0.15, 0.2) is 0 Å². The van der Waals surface area contributed by atoms with Crippen molar-refractivity contribution < 1.29 is 9.53 Å². The van der Waals surface area contributed by atoms with Gasteiger partial charge in [0.1, 0.15) is 5.69 Å². The smallest absolute Gasteiger partial charge is 0.274 e. The summed E-state index contributed by atoms with van der Waals surface area (Å²) in [7, 11) is 1.62. The molecule has 0 fully saturated rings. The van der Waals surface area contributed by atoms with E-state index < -0.39 is 0 Å². The van der Waals surface area contributed by atoms with Crippen LogP contribution in [0.25, 0.3) is 0 Å². The van der Waals surface area contributed by atoms with Crippen molar-refractivity contribution in [2.45, 2.75) is 6.92 Å². The number of benzene rings is 1. The first kappa shape index (κ1) is 14.9. The number of nitrogens with zero attached hydrogens (tertiary/aromatic N) is 2. The summed E-state index contributed by atoms with van der Waals surface area (Å²) in [6, 6.07) is 9.17. The Kier molecular flexibility index (Phi) is 5.22. The molecule has 1 heterocycles. The minimum absolute atomic E-state index is 0.266. The van der Waals surface area contributed by atoms with Crippen molar-refractivity contribution in [2.75, 3.05) is 30.9 Å². The van der Waals surface area contributed by atoms with Gasteiger partial charge in [0.25, 0.3) is 5.91 Å². The van der Waals surface area contributed by atoms with Crippen molar-refractivity contribution in [3.8, 4) is 0 Å². The van der Waals surface area contributed by atoms with Gasteiger partial charge in [0.05, 0.1) is 6.61 Å². The molecule has 2 aromatic rings. The van der Waals surface area contributed by atoms with Crippen LogP contribution in [-0.4, -0.2) is 36.1 Å². The molecule has 6 heteroatoms. The van der Waals surface area contributed by atoms with Gasteiger partial charge in [0.2, 0.25) is 5.95 Å². The predicted octanol–water partition coefficient (Wildman–Crippen LogP) is 2.10. The number of ether oxygens (including phenoxy) is 1. The fraction of sp³-hybridized carbons (Fsp3) is 0.267. The zero-order chi connectivity index (χ0) is 15.1. The van der Waals surface area contributed by atoms with E-state index >= 15 is 0 Å². The van der Waals surface area contributed by atoms with E-state index in [2.05, 4.69) is 20.6 Å². The highest BCUT2D eigenvalue weighted by Gasteiger charge is 2.09. The van der Waals surface area contributed by atoms with Gasteiger partial charge in [-0.3, -0.25) is 4.79 Å². The Hall–Kier alpha value is -2.47. The van der Waals surface area contributed by atoms with Crippen LogP contribution in [0.2, 0.25) is 0 Å². The molecule has 0 saturated heterocycles. The lowest BCUT2D eigenvalue weighted by Crippen LogP contribution is -2.16. The summed E-state index contributed by atoms with van der Waals surface area (Å²) in [6.07, 6.45) is 1.55. The molecule has 2 rings (SSSR count). The van der Waals surface area contributed by atoms with Crippen LogP contribution in [0.5, 0.6) is 0 Å². The van der Waals surface area contributed by atoms with Crippen molar-refractivity contribution in [3.05, 3.63) is 47.8 Å². The van der Waals surface area contributed by atoms with Gasteiger partial charge >= 0.3 is 0 Å². The van der Waals surface area contributed by atoms with Crippen molar-refractivity contribution >= 4 is 17.5 Å². The number of rotatable bonds is 6. The predicted molar refractivity (Wildman–Crippen MR) is 81.5 cm³/mol. The second-order valence-electron chi connectivity index (χ2n) is 4.51. The Balaban J connectivity index is 2.03. The number of hydrogen-bond acceptors (Lipinski definition) is 5. The summed E-state index contributed by atoms with van der Waals surface area (Å²) in [6.45, 7) is 3.10. The average Bonchev–Trinajstić information content (AvgIpc) is 2.48. The minimum atomic E-state index is -0.266. The van der Waals surface area contributed by atoms with Gasteiger partial charge in [-0.25, -0.2) is 9.97 Å². The summed E-state index contributed by atoms with van der Waals surface area (Å²) < 4.78 is 4.93. The molecule has 1 aromatic carbocycles. The van der Waals surface area contributed by atoms with Gasteiger partial charge < -0.3 is 15.4 Å². The first-order valence-electron chi connectivity index (χ1n) is 6.63. The van der Waals surface area contributed by atoms with E-state index in [1.54, 1.807) is 19.4 Å². The molecule has 1 aromatic heterocycles. The lowest BCUT2D eigenvalue weighted by Gasteiger charge is -2.07. The number of carbonyl (C=O) groups is 1. The molecule has 0 aliphatic heterocycles. The molecule has 0 atom stereocenters. The van der Waals surface area contributed by atoms with Crippen molar-refractivity contribution in [1.29, 1.82) is 0 Å². The van der Waals surface area contributed by atoms with E-state index in [9.17, 15) is 4.79 Å². The number of nitrogens with one attached hydrogen (secondary N) is 2. The summed E-state index contributed by atoms with van der Waals surface area (Å²) in [5.41, 5.74) is 2.14. The molecule has 6 nitrogen and oxygen atoms in total. The van der Waals surface area contributed by atoms with Gasteiger partial charge in [-0.1, -0.05) is 12.1 Å². The monoisotopic (exact) mass is 286 g/mol. The van der Waals surface area contributed by atoms with E-state index in [4.69, 9.17) is 4.74 Å². The fourth-order valence-corrected chi connectivity index (χ4v) is 1.75. The van der Waals surface area contributed by atoms with E-state index in [-0.39, 0.29) is 5.91 Å². The third kappa shape index (κ3) is 4.54. The van der Waals surface area contributed by atoms with Crippen LogP contribution >= 0.6 is 0 Å². The normalized spacial score (nSPS) is 10.2. The maximum absolute atomic E-state index is 12.2. The van der Waals surface area contributed by atoms with Crippen molar-refractivity contribution in [2.24, 2.45) is 0 Å². The zero-order valence-corrected chi connectivity index (χ0v) is 12.1. The van der Waals surface area contributed by atoms with Gasteiger partial charge in [0, 0.05) is 25.5 Å². The van der Waals surface area contributed by atoms with Crippen LogP contribution in [0.15, 0.2) is 36.5 Å². The summed E-state index contributed by atoms with van der Waals surface area (Å²) in [4.78, 5) is 20.4. The van der Waals surface area contributed by atoms with Crippen molar-refractivity contribution in [1.82, 2.24) is 9.97 Å². The maximum atomic E-state index is 12.2. The van der Waals surface area contributed by atoms with Crippen LogP contribution in [0.1, 0.15) is 16.1 Å². The van der Waals surface area contributed by atoms with Gasteiger partial charge in [-0.15, -0.1) is 0 Å². The molecule has 0 bridgehead atoms. The number of aryl methyl sites for hydroxylation is 1. The minimum Gasteiger partial charge on any atom is -0.383 e. The highest BCUT2D eigenvalue weighted by Crippen LogP contribution is 2.11. The molecule has 1 amide bonds. The fourth-order valence-electron chi connectivity index (χ4n) is 1.75. The van der Waals surface area contributed by atoms with E-state index in [0.717, 1.165) is 11.3 Å². The van der Waals surface area contributed by atoms with E-state index in [0.29, 0.717) is 24.8 Å². The number of aromatic nitrogens is 2. The quantitative estimate of drug-likeness (QED) is 0.795. The second-order valence-corrected chi connectivity index (χ2v) is 4.51. The third-order valence-electron chi connectivity index (χ3n) is 2.75. The Bertz CT molecular complexity index is 616. The lowest BCUT2D eigenvalue weighted by molar-refractivity contribution is 0.102. The molecule has 21 heavy (non-hydrogen) atoms. The van der Waals surface area contributed by atoms with E-state index in [1.165, 1.54) is 0 Å². The summed E-state index contributed by atoms with van der Waals surface area (Å²) in [5, 5.41) is 5.80. The molecular weight excluding hydrogens is 268 g/mol. The number of anilines is 2. The zero-order valence-electron chi connectivity index (χ0n) is 12.1. The Morgan fingerprint density at radius 3 is 2.95 bits per heavy atom. The van der Waals surface area contributed by atoms with Crippen LogP contribution < -0.4 is 10.6 Å². The second kappa shape index (κ2) is 7.35. The molecular formula is C15H18N4O2. The Morgan fingerprint density at radius 1 is 1.33 bits per heavy atom. The SMILES string of the molecule is COCCNc1nccc(C(=O)Nc2cccc(C)c2)n1. The van der Waals surface area contributed by atoms with Gasteiger partial charge in [-0.05, 0) is 30.7 Å². The standard InChI is InChI=1S/C15H18N4O2/c1-11-4-3-5-12(10-11)18-14(20)13-6-7-16-15(19-13)17-8-9-21-2/h3-7,10H,8-9H2,1-2H3,(H,18,20)(H,16,17,19). The molecule has 0 spiro atoms. The summed E-state index contributed by atoms with van der Waals surface area (Å²) in [5.74, 6) is 0.140. The lowest BCUT2D eigenvalue weighted by atomic mass is 10.2. The number of amides is 1. The molecule has 0 saturated carbocycles. The molecule has 0 radical (unpaired) electrons. The topological polar surface area (TPSA) is 76.1 Å². The summed E-state index contributed by atoms with van der Waals surface area (Å²) >= 11 is 0. The third-order valence-corrected chi connectivity index (χ3v) is 2.75. The Labute approximate surface area is 123 Å².